The molecule has 0 aliphatic heterocycles. The molecule has 0 saturated heterocycles. The first-order chi connectivity index (χ1) is 11.3. The van der Waals surface area contributed by atoms with E-state index in [1.165, 1.54) is 24.3 Å². The summed E-state index contributed by atoms with van der Waals surface area (Å²) in [7, 11) is -3.79. The monoisotopic (exact) mass is 346 g/mol. The first-order valence-electron chi connectivity index (χ1n) is 6.89. The van der Waals surface area contributed by atoms with Crippen molar-refractivity contribution in [2.45, 2.75) is 11.8 Å². The maximum Gasteiger partial charge on any atom is 0.256 e. The van der Waals surface area contributed by atoms with E-state index in [4.69, 9.17) is 9.56 Å². The summed E-state index contributed by atoms with van der Waals surface area (Å²) < 4.78 is 27.9. The first-order valence-corrected chi connectivity index (χ1v) is 8.44. The van der Waals surface area contributed by atoms with Gasteiger partial charge in [-0.25, -0.2) is 13.6 Å². The van der Waals surface area contributed by atoms with Gasteiger partial charge in [0.2, 0.25) is 10.0 Å². The zero-order chi connectivity index (χ0) is 17.3. The number of amides is 1. The van der Waals surface area contributed by atoms with Crippen LogP contribution in [0, 0.1) is 6.92 Å². The van der Waals surface area contributed by atoms with E-state index in [0.29, 0.717) is 17.3 Å². The van der Waals surface area contributed by atoms with Crippen LogP contribution in [0.25, 0.3) is 11.5 Å². The number of anilines is 1. The van der Waals surface area contributed by atoms with Gasteiger partial charge in [-0.3, -0.25) is 9.89 Å². The Morgan fingerprint density at radius 3 is 2.50 bits per heavy atom. The number of primary sulfonamides is 1. The first kappa shape index (κ1) is 16.0. The van der Waals surface area contributed by atoms with Gasteiger partial charge < -0.3 is 9.73 Å². The van der Waals surface area contributed by atoms with Crippen LogP contribution in [0.2, 0.25) is 0 Å². The summed E-state index contributed by atoms with van der Waals surface area (Å²) in [5, 5.41) is 14.4. The van der Waals surface area contributed by atoms with Crippen molar-refractivity contribution in [2.24, 2.45) is 5.14 Å². The number of carbonyl (C=O) groups excluding carboxylic acids is 1. The lowest BCUT2D eigenvalue weighted by Gasteiger charge is -2.03. The van der Waals surface area contributed by atoms with Crippen molar-refractivity contribution in [1.29, 1.82) is 0 Å². The minimum Gasteiger partial charge on any atom is -0.460 e. The van der Waals surface area contributed by atoms with Crippen molar-refractivity contribution < 1.29 is 17.6 Å². The van der Waals surface area contributed by atoms with Crippen molar-refractivity contribution in [3.63, 3.8) is 0 Å². The second-order valence-corrected chi connectivity index (χ2v) is 6.66. The summed E-state index contributed by atoms with van der Waals surface area (Å²) in [6.07, 6.45) is 0. The molecule has 2 aromatic heterocycles. The number of aromatic nitrogens is 2. The van der Waals surface area contributed by atoms with E-state index >= 15 is 0 Å². The molecule has 0 spiro atoms. The molecule has 0 unspecified atom stereocenters. The van der Waals surface area contributed by atoms with Crippen LogP contribution in [0.3, 0.4) is 0 Å². The lowest BCUT2D eigenvalue weighted by atomic mass is 10.2. The number of furan rings is 1. The van der Waals surface area contributed by atoms with Crippen molar-refractivity contribution in [3.05, 3.63) is 53.8 Å². The molecule has 3 rings (SSSR count). The van der Waals surface area contributed by atoms with Crippen LogP contribution >= 0.6 is 0 Å². The Hall–Kier alpha value is -2.91. The second-order valence-electron chi connectivity index (χ2n) is 5.10. The van der Waals surface area contributed by atoms with Crippen molar-refractivity contribution in [3.8, 4) is 11.5 Å². The van der Waals surface area contributed by atoms with E-state index in [9.17, 15) is 13.2 Å². The molecular weight excluding hydrogens is 332 g/mol. The molecule has 9 heteroatoms. The predicted molar refractivity (Wildman–Crippen MR) is 86.8 cm³/mol. The van der Waals surface area contributed by atoms with E-state index < -0.39 is 15.9 Å². The Labute approximate surface area is 137 Å². The third-order valence-corrected chi connectivity index (χ3v) is 4.20. The average Bonchev–Trinajstić information content (AvgIpc) is 3.15. The number of nitrogens with one attached hydrogen (secondary N) is 2. The largest absolute Gasteiger partial charge is 0.460 e. The second kappa shape index (κ2) is 5.95. The molecule has 4 N–H and O–H groups in total. The van der Waals surface area contributed by atoms with Crippen molar-refractivity contribution in [2.75, 3.05) is 5.32 Å². The highest BCUT2D eigenvalue weighted by molar-refractivity contribution is 7.89. The fourth-order valence-electron chi connectivity index (χ4n) is 2.08. The fourth-order valence-corrected chi connectivity index (χ4v) is 2.59. The number of hydrogen-bond acceptors (Lipinski definition) is 5. The zero-order valence-corrected chi connectivity index (χ0v) is 13.4. The number of rotatable bonds is 4. The predicted octanol–water partition coefficient (Wildman–Crippen LogP) is 1.88. The number of aromatic amines is 1. The van der Waals surface area contributed by atoms with Gasteiger partial charge in [-0.05, 0) is 43.3 Å². The average molecular weight is 346 g/mol. The highest BCUT2D eigenvalue weighted by Gasteiger charge is 2.13. The Morgan fingerprint density at radius 1 is 1.21 bits per heavy atom. The van der Waals surface area contributed by atoms with Crippen LogP contribution in [-0.4, -0.2) is 24.5 Å². The number of nitrogens with zero attached hydrogens (tertiary/aromatic N) is 1. The summed E-state index contributed by atoms with van der Waals surface area (Å²) in [6.45, 7) is 1.83. The molecule has 0 aliphatic carbocycles. The van der Waals surface area contributed by atoms with Crippen LogP contribution in [-0.2, 0) is 10.0 Å². The number of nitrogens with two attached hydrogens (primary N) is 1. The molecule has 24 heavy (non-hydrogen) atoms. The van der Waals surface area contributed by atoms with Crippen molar-refractivity contribution in [1.82, 2.24) is 10.2 Å². The quantitative estimate of drug-likeness (QED) is 0.664. The van der Waals surface area contributed by atoms with Gasteiger partial charge in [0.05, 0.1) is 4.90 Å². The van der Waals surface area contributed by atoms with Gasteiger partial charge in [0, 0.05) is 11.6 Å². The number of hydrogen-bond donors (Lipinski definition) is 3. The van der Waals surface area contributed by atoms with E-state index in [1.54, 1.807) is 12.1 Å². The molecule has 3 aromatic rings. The molecule has 8 nitrogen and oxygen atoms in total. The lowest BCUT2D eigenvalue weighted by Crippen LogP contribution is -2.14. The molecular formula is C15H14N4O4S. The normalized spacial score (nSPS) is 11.4. The van der Waals surface area contributed by atoms with Gasteiger partial charge in [-0.1, -0.05) is 0 Å². The molecule has 0 aliphatic rings. The molecule has 2 heterocycles. The van der Waals surface area contributed by atoms with Gasteiger partial charge in [0.1, 0.15) is 11.5 Å². The molecule has 1 aromatic carbocycles. The Morgan fingerprint density at radius 2 is 1.92 bits per heavy atom. The van der Waals surface area contributed by atoms with Gasteiger partial charge in [0.15, 0.2) is 11.6 Å². The van der Waals surface area contributed by atoms with Gasteiger partial charge in [-0.2, -0.15) is 5.10 Å². The van der Waals surface area contributed by atoms with E-state index in [-0.39, 0.29) is 10.5 Å². The summed E-state index contributed by atoms with van der Waals surface area (Å²) in [5.74, 6) is 1.27. The Bertz CT molecular complexity index is 987. The van der Waals surface area contributed by atoms with Crippen LogP contribution < -0.4 is 10.5 Å². The maximum atomic E-state index is 12.2. The highest BCUT2D eigenvalue weighted by atomic mass is 32.2. The van der Waals surface area contributed by atoms with Crippen LogP contribution in [0.15, 0.2) is 51.8 Å². The van der Waals surface area contributed by atoms with Crippen molar-refractivity contribution >= 4 is 21.7 Å². The highest BCUT2D eigenvalue weighted by Crippen LogP contribution is 2.22. The standard InChI is InChI=1S/C15H14N4O4S/c1-9-2-7-13(23-9)12-8-14(19-18-12)17-15(20)10-3-5-11(6-4-10)24(16,21)22/h2-8H,1H3,(H2,16,21,22)(H2,17,18,19,20). The summed E-state index contributed by atoms with van der Waals surface area (Å²) in [5.41, 5.74) is 0.906. The Kier molecular flexibility index (Phi) is 3.96. The third-order valence-electron chi connectivity index (χ3n) is 3.27. The van der Waals surface area contributed by atoms with Crippen LogP contribution in [0.4, 0.5) is 5.82 Å². The molecule has 0 fully saturated rings. The maximum absolute atomic E-state index is 12.2. The molecule has 0 atom stereocenters. The molecule has 0 saturated carbocycles. The summed E-state index contributed by atoms with van der Waals surface area (Å²) >= 11 is 0. The number of H-pyrrole nitrogens is 1. The van der Waals surface area contributed by atoms with Crippen LogP contribution in [0.1, 0.15) is 16.1 Å². The molecule has 124 valence electrons. The molecule has 0 bridgehead atoms. The minimum atomic E-state index is -3.79. The fraction of sp³-hybridized carbons (Fsp3) is 0.0667. The number of aryl methyl sites for hydroxylation is 1. The zero-order valence-electron chi connectivity index (χ0n) is 12.6. The van der Waals surface area contributed by atoms with Crippen LogP contribution in [0.5, 0.6) is 0 Å². The number of carbonyl (C=O) groups is 1. The van der Waals surface area contributed by atoms with E-state index in [2.05, 4.69) is 15.5 Å². The van der Waals surface area contributed by atoms with Gasteiger partial charge in [0.25, 0.3) is 5.91 Å². The van der Waals surface area contributed by atoms with E-state index in [1.807, 2.05) is 13.0 Å². The molecule has 0 radical (unpaired) electrons. The smallest absolute Gasteiger partial charge is 0.256 e. The molecule has 1 amide bonds. The number of sulfonamides is 1. The minimum absolute atomic E-state index is 0.0608. The topological polar surface area (TPSA) is 131 Å². The van der Waals surface area contributed by atoms with E-state index in [0.717, 1.165) is 5.76 Å². The lowest BCUT2D eigenvalue weighted by molar-refractivity contribution is 0.102. The SMILES string of the molecule is Cc1ccc(-c2cc(NC(=O)c3ccc(S(N)(=O)=O)cc3)n[nH]2)o1. The third kappa shape index (κ3) is 3.36. The summed E-state index contributed by atoms with van der Waals surface area (Å²) in [4.78, 5) is 12.1. The summed E-state index contributed by atoms with van der Waals surface area (Å²) in [6, 6.07) is 10.5. The Balaban J connectivity index is 1.74. The van der Waals surface area contributed by atoms with Gasteiger partial charge in [-0.15, -0.1) is 0 Å². The number of benzene rings is 1. The van der Waals surface area contributed by atoms with Gasteiger partial charge >= 0.3 is 0 Å².